The van der Waals surface area contributed by atoms with E-state index in [1.165, 1.54) is 6.08 Å². The highest BCUT2D eigenvalue weighted by molar-refractivity contribution is 5.82. The third-order valence-corrected chi connectivity index (χ3v) is 5.41. The number of carbonyl (C=O) groups is 2. The zero-order valence-electron chi connectivity index (χ0n) is 20.4. The van der Waals surface area contributed by atoms with Gasteiger partial charge in [-0.25, -0.2) is 9.59 Å². The van der Waals surface area contributed by atoms with Crippen molar-refractivity contribution in [3.8, 4) is 0 Å². The van der Waals surface area contributed by atoms with Crippen molar-refractivity contribution < 1.29 is 23.8 Å². The molecular formula is C26H39NO5. The Bertz CT molecular complexity index is 768. The van der Waals surface area contributed by atoms with Gasteiger partial charge in [0.15, 0.2) is 0 Å². The SMILES string of the molecule is CCOC(=O)/C=C/[C@]1(COCc2ccccc2)C[C@@H]1[C@H](CC(C)C)NC(=O)OC(C)(C)C. The Balaban J connectivity index is 2.12. The van der Waals surface area contributed by atoms with Crippen LogP contribution in [0.15, 0.2) is 42.5 Å². The smallest absolute Gasteiger partial charge is 0.407 e. The van der Waals surface area contributed by atoms with Crippen LogP contribution < -0.4 is 5.32 Å². The maximum atomic E-state index is 12.5. The average Bonchev–Trinajstić information content (AvgIpc) is 3.40. The van der Waals surface area contributed by atoms with Crippen molar-refractivity contribution in [3.05, 3.63) is 48.0 Å². The molecule has 0 radical (unpaired) electrons. The van der Waals surface area contributed by atoms with Gasteiger partial charge in [0.05, 0.1) is 19.8 Å². The predicted molar refractivity (Wildman–Crippen MR) is 125 cm³/mol. The number of alkyl carbamates (subject to hydrolysis) is 1. The minimum atomic E-state index is -0.560. The van der Waals surface area contributed by atoms with Gasteiger partial charge in [0.25, 0.3) is 0 Å². The van der Waals surface area contributed by atoms with Crippen molar-refractivity contribution in [2.45, 2.75) is 72.6 Å². The van der Waals surface area contributed by atoms with Crippen molar-refractivity contribution in [2.24, 2.45) is 17.3 Å². The van der Waals surface area contributed by atoms with Crippen molar-refractivity contribution >= 4 is 12.1 Å². The third-order valence-electron chi connectivity index (χ3n) is 5.41. The molecule has 3 atom stereocenters. The molecule has 1 N–H and O–H groups in total. The molecule has 32 heavy (non-hydrogen) atoms. The molecule has 0 heterocycles. The Kier molecular flexibility index (Phi) is 9.32. The lowest BCUT2D eigenvalue weighted by Crippen LogP contribution is -2.42. The van der Waals surface area contributed by atoms with E-state index in [4.69, 9.17) is 14.2 Å². The molecule has 0 unspecified atom stereocenters. The first-order valence-electron chi connectivity index (χ1n) is 11.5. The number of hydrogen-bond donors (Lipinski definition) is 1. The van der Waals surface area contributed by atoms with E-state index in [0.29, 0.717) is 25.7 Å². The van der Waals surface area contributed by atoms with Gasteiger partial charge in [-0.3, -0.25) is 0 Å². The van der Waals surface area contributed by atoms with Crippen LogP contribution in [0.25, 0.3) is 0 Å². The highest BCUT2D eigenvalue weighted by atomic mass is 16.6. The fraction of sp³-hybridized carbons (Fsp3) is 0.615. The minimum absolute atomic E-state index is 0.0722. The average molecular weight is 446 g/mol. The Labute approximate surface area is 192 Å². The molecule has 1 aromatic rings. The minimum Gasteiger partial charge on any atom is -0.463 e. The van der Waals surface area contributed by atoms with Crippen LogP contribution in [0.4, 0.5) is 4.79 Å². The lowest BCUT2D eigenvalue weighted by Gasteiger charge is -2.26. The van der Waals surface area contributed by atoms with Gasteiger partial charge in [0, 0.05) is 17.5 Å². The molecule has 0 spiro atoms. The second-order valence-electron chi connectivity index (χ2n) is 9.99. The summed E-state index contributed by atoms with van der Waals surface area (Å²) in [6.07, 6.45) is 4.63. The molecule has 6 nitrogen and oxygen atoms in total. The van der Waals surface area contributed by atoms with Crippen molar-refractivity contribution in [1.29, 1.82) is 0 Å². The Morgan fingerprint density at radius 3 is 2.50 bits per heavy atom. The van der Waals surface area contributed by atoms with E-state index in [1.54, 1.807) is 6.92 Å². The molecule has 0 bridgehead atoms. The van der Waals surface area contributed by atoms with Gasteiger partial charge < -0.3 is 19.5 Å². The second-order valence-corrected chi connectivity index (χ2v) is 9.99. The summed E-state index contributed by atoms with van der Waals surface area (Å²) in [4.78, 5) is 24.4. The van der Waals surface area contributed by atoms with E-state index in [-0.39, 0.29) is 23.3 Å². The highest BCUT2D eigenvalue weighted by Gasteiger charge is 2.56. The lowest BCUT2D eigenvalue weighted by atomic mass is 9.93. The van der Waals surface area contributed by atoms with Gasteiger partial charge in [-0.1, -0.05) is 50.3 Å². The molecule has 178 valence electrons. The summed E-state index contributed by atoms with van der Waals surface area (Å²) in [6.45, 7) is 12.9. The van der Waals surface area contributed by atoms with Gasteiger partial charge in [0.2, 0.25) is 0 Å². The first-order valence-corrected chi connectivity index (χ1v) is 11.5. The molecule has 6 heteroatoms. The first kappa shape index (κ1) is 25.9. The molecule has 1 aliphatic rings. The second kappa shape index (κ2) is 11.5. The first-order chi connectivity index (χ1) is 15.0. The van der Waals surface area contributed by atoms with Gasteiger partial charge >= 0.3 is 12.1 Å². The molecule has 1 aliphatic carbocycles. The van der Waals surface area contributed by atoms with Gasteiger partial charge in [0.1, 0.15) is 5.60 Å². The summed E-state index contributed by atoms with van der Waals surface area (Å²) >= 11 is 0. The maximum Gasteiger partial charge on any atom is 0.407 e. The number of ether oxygens (including phenoxy) is 3. The number of nitrogens with one attached hydrogen (secondary N) is 1. The van der Waals surface area contributed by atoms with Gasteiger partial charge in [-0.05, 0) is 57.9 Å². The number of benzene rings is 1. The van der Waals surface area contributed by atoms with Crippen LogP contribution in [0.5, 0.6) is 0 Å². The molecular weight excluding hydrogens is 406 g/mol. The topological polar surface area (TPSA) is 73.9 Å². The van der Waals surface area contributed by atoms with Crippen LogP contribution in [0.3, 0.4) is 0 Å². The molecule has 0 aliphatic heterocycles. The van der Waals surface area contributed by atoms with Crippen LogP contribution in [0, 0.1) is 17.3 Å². The number of carbonyl (C=O) groups excluding carboxylic acids is 2. The zero-order valence-corrected chi connectivity index (χ0v) is 20.4. The van der Waals surface area contributed by atoms with Crippen LogP contribution in [-0.4, -0.2) is 36.9 Å². The fourth-order valence-electron chi connectivity index (χ4n) is 3.95. The lowest BCUT2D eigenvalue weighted by molar-refractivity contribution is -0.137. The zero-order chi connectivity index (χ0) is 23.8. The van der Waals surface area contributed by atoms with Crippen LogP contribution >= 0.6 is 0 Å². The molecule has 1 amide bonds. The number of esters is 1. The maximum absolute atomic E-state index is 12.5. The Morgan fingerprint density at radius 1 is 1.22 bits per heavy atom. The number of amides is 1. The van der Waals surface area contributed by atoms with E-state index < -0.39 is 11.7 Å². The van der Waals surface area contributed by atoms with Crippen molar-refractivity contribution in [3.63, 3.8) is 0 Å². The molecule has 1 saturated carbocycles. The summed E-state index contributed by atoms with van der Waals surface area (Å²) < 4.78 is 16.6. The van der Waals surface area contributed by atoms with Gasteiger partial charge in [-0.15, -0.1) is 0 Å². The number of rotatable bonds is 11. The fourth-order valence-corrected chi connectivity index (χ4v) is 3.95. The molecule has 1 aromatic carbocycles. The summed E-state index contributed by atoms with van der Waals surface area (Å²) in [5, 5.41) is 3.08. The molecule has 2 rings (SSSR count). The van der Waals surface area contributed by atoms with E-state index in [1.807, 2.05) is 57.2 Å². The van der Waals surface area contributed by atoms with Crippen LogP contribution in [-0.2, 0) is 25.6 Å². The van der Waals surface area contributed by atoms with E-state index in [0.717, 1.165) is 18.4 Å². The Morgan fingerprint density at radius 2 is 1.91 bits per heavy atom. The highest BCUT2D eigenvalue weighted by Crippen LogP contribution is 2.57. The standard InChI is InChI=1S/C26H39NO5/c1-7-31-23(28)13-14-26(18-30-17-20-11-9-8-10-12-20)16-21(26)22(15-19(2)3)27-24(29)32-25(4,5)6/h8-14,19,21-22H,7,15-18H2,1-6H3,(H,27,29)/b14-13+/t21-,22+,26-/m1/s1. The van der Waals surface area contributed by atoms with E-state index in [2.05, 4.69) is 19.2 Å². The molecule has 0 aromatic heterocycles. The van der Waals surface area contributed by atoms with E-state index in [9.17, 15) is 9.59 Å². The van der Waals surface area contributed by atoms with Crippen molar-refractivity contribution in [1.82, 2.24) is 5.32 Å². The Hall–Kier alpha value is -2.34. The van der Waals surface area contributed by atoms with Crippen LogP contribution in [0.1, 0.15) is 59.9 Å². The van der Waals surface area contributed by atoms with Gasteiger partial charge in [-0.2, -0.15) is 0 Å². The van der Waals surface area contributed by atoms with E-state index >= 15 is 0 Å². The summed E-state index contributed by atoms with van der Waals surface area (Å²) in [5.41, 5.74) is 0.214. The third kappa shape index (κ3) is 8.65. The summed E-state index contributed by atoms with van der Waals surface area (Å²) in [5.74, 6) is 0.187. The van der Waals surface area contributed by atoms with Crippen LogP contribution in [0.2, 0.25) is 0 Å². The monoisotopic (exact) mass is 445 g/mol. The largest absolute Gasteiger partial charge is 0.463 e. The quantitative estimate of drug-likeness (QED) is 0.371. The summed E-state index contributed by atoms with van der Waals surface area (Å²) in [6, 6.07) is 9.92. The molecule has 1 fully saturated rings. The molecule has 0 saturated heterocycles. The number of hydrogen-bond acceptors (Lipinski definition) is 5. The van der Waals surface area contributed by atoms with Crippen molar-refractivity contribution in [2.75, 3.05) is 13.2 Å². The predicted octanol–water partition coefficient (Wildman–Crippen LogP) is 5.27. The summed E-state index contributed by atoms with van der Waals surface area (Å²) in [7, 11) is 0. The normalized spacial score (nSPS) is 21.4.